The van der Waals surface area contributed by atoms with Gasteiger partial charge in [-0.05, 0) is 36.5 Å². The molecule has 0 spiro atoms. The van der Waals surface area contributed by atoms with Crippen LogP contribution in [-0.2, 0) is 11.2 Å². The molecule has 0 aliphatic heterocycles. The smallest absolute Gasteiger partial charge is 0.311 e. The number of nitrogens with two attached hydrogens (primary N) is 1. The summed E-state index contributed by atoms with van der Waals surface area (Å²) in [6, 6.07) is 6.27. The van der Waals surface area contributed by atoms with Crippen LogP contribution in [0.15, 0.2) is 24.3 Å². The molecule has 1 saturated carbocycles. The Morgan fingerprint density at radius 2 is 2.38 bits per heavy atom. The predicted octanol–water partition coefficient (Wildman–Crippen LogP) is 1.42. The molecule has 1 aliphatic carbocycles. The zero-order valence-electron chi connectivity index (χ0n) is 8.82. The zero-order chi connectivity index (χ0) is 11.8. The SMILES string of the molecule is NCC1(C(=O)O)CC1Cc1cccc(F)c1. The Balaban J connectivity index is 2.06. The van der Waals surface area contributed by atoms with Crippen molar-refractivity contribution in [2.45, 2.75) is 12.8 Å². The van der Waals surface area contributed by atoms with Crippen LogP contribution >= 0.6 is 0 Å². The van der Waals surface area contributed by atoms with Gasteiger partial charge in [-0.1, -0.05) is 12.1 Å². The van der Waals surface area contributed by atoms with Gasteiger partial charge in [0.1, 0.15) is 5.82 Å². The lowest BCUT2D eigenvalue weighted by atomic mass is 9.99. The first kappa shape index (κ1) is 11.1. The van der Waals surface area contributed by atoms with Crippen LogP contribution in [0.4, 0.5) is 4.39 Å². The monoisotopic (exact) mass is 223 g/mol. The van der Waals surface area contributed by atoms with Gasteiger partial charge in [0.15, 0.2) is 0 Å². The zero-order valence-corrected chi connectivity index (χ0v) is 8.82. The maximum absolute atomic E-state index is 12.9. The predicted molar refractivity (Wildman–Crippen MR) is 57.3 cm³/mol. The Labute approximate surface area is 93.1 Å². The third kappa shape index (κ3) is 1.80. The summed E-state index contributed by atoms with van der Waals surface area (Å²) in [4.78, 5) is 11.0. The standard InChI is InChI=1S/C12H14FNO2/c13-10-3-1-2-8(5-10)4-9-6-12(9,7-14)11(15)16/h1-3,5,9H,4,6-7,14H2,(H,15,16). The van der Waals surface area contributed by atoms with Crippen LogP contribution in [0.25, 0.3) is 0 Å². The van der Waals surface area contributed by atoms with Crippen LogP contribution in [0.1, 0.15) is 12.0 Å². The Kier molecular flexibility index (Phi) is 2.68. The van der Waals surface area contributed by atoms with Crippen LogP contribution in [0.3, 0.4) is 0 Å². The van der Waals surface area contributed by atoms with E-state index in [4.69, 9.17) is 10.8 Å². The Morgan fingerprint density at radius 3 is 2.88 bits per heavy atom. The van der Waals surface area contributed by atoms with Crippen molar-refractivity contribution >= 4 is 5.97 Å². The van der Waals surface area contributed by atoms with Crippen molar-refractivity contribution in [2.24, 2.45) is 17.1 Å². The largest absolute Gasteiger partial charge is 0.481 e. The van der Waals surface area contributed by atoms with E-state index in [0.29, 0.717) is 12.8 Å². The molecule has 0 radical (unpaired) electrons. The minimum Gasteiger partial charge on any atom is -0.481 e. The fourth-order valence-electron chi connectivity index (χ4n) is 2.20. The summed E-state index contributed by atoms with van der Waals surface area (Å²) >= 11 is 0. The van der Waals surface area contributed by atoms with Crippen molar-refractivity contribution in [3.63, 3.8) is 0 Å². The van der Waals surface area contributed by atoms with E-state index < -0.39 is 11.4 Å². The lowest BCUT2D eigenvalue weighted by Crippen LogP contribution is -2.27. The lowest BCUT2D eigenvalue weighted by molar-refractivity contribution is -0.143. The minimum absolute atomic E-state index is 0.0387. The highest BCUT2D eigenvalue weighted by Crippen LogP contribution is 2.53. The van der Waals surface area contributed by atoms with E-state index in [1.54, 1.807) is 6.07 Å². The summed E-state index contributed by atoms with van der Waals surface area (Å²) in [6.07, 6.45) is 1.18. The quantitative estimate of drug-likeness (QED) is 0.811. The third-order valence-electron chi connectivity index (χ3n) is 3.39. The number of carboxylic acids is 1. The van der Waals surface area contributed by atoms with Gasteiger partial charge in [-0.25, -0.2) is 4.39 Å². The summed E-state index contributed by atoms with van der Waals surface area (Å²) in [6.45, 7) is 0.155. The number of rotatable bonds is 4. The molecule has 0 bridgehead atoms. The van der Waals surface area contributed by atoms with Crippen molar-refractivity contribution in [1.29, 1.82) is 0 Å². The number of hydrogen-bond acceptors (Lipinski definition) is 2. The Morgan fingerprint density at radius 1 is 1.62 bits per heavy atom. The van der Waals surface area contributed by atoms with E-state index >= 15 is 0 Å². The fourth-order valence-corrected chi connectivity index (χ4v) is 2.20. The molecule has 3 N–H and O–H groups in total. The van der Waals surface area contributed by atoms with Crippen LogP contribution in [0, 0.1) is 17.2 Å². The van der Waals surface area contributed by atoms with Gasteiger partial charge in [-0.15, -0.1) is 0 Å². The molecule has 0 heterocycles. The van der Waals surface area contributed by atoms with E-state index in [9.17, 15) is 9.18 Å². The number of aliphatic carboxylic acids is 1. The molecule has 0 saturated heterocycles. The van der Waals surface area contributed by atoms with Gasteiger partial charge < -0.3 is 10.8 Å². The van der Waals surface area contributed by atoms with Crippen molar-refractivity contribution in [3.8, 4) is 0 Å². The van der Waals surface area contributed by atoms with Crippen molar-refractivity contribution in [1.82, 2.24) is 0 Å². The lowest BCUT2D eigenvalue weighted by Gasteiger charge is -2.08. The molecular formula is C12H14FNO2. The van der Waals surface area contributed by atoms with E-state index in [-0.39, 0.29) is 18.3 Å². The molecule has 1 fully saturated rings. The number of hydrogen-bond donors (Lipinski definition) is 2. The van der Waals surface area contributed by atoms with Gasteiger partial charge in [0.05, 0.1) is 5.41 Å². The second-order valence-electron chi connectivity index (χ2n) is 4.40. The molecular weight excluding hydrogens is 209 g/mol. The summed E-state index contributed by atoms with van der Waals surface area (Å²) in [5.74, 6) is -1.08. The summed E-state index contributed by atoms with van der Waals surface area (Å²) < 4.78 is 12.9. The molecule has 3 nitrogen and oxygen atoms in total. The molecule has 16 heavy (non-hydrogen) atoms. The number of halogens is 1. The van der Waals surface area contributed by atoms with Crippen LogP contribution in [-0.4, -0.2) is 17.6 Å². The highest BCUT2D eigenvalue weighted by atomic mass is 19.1. The van der Waals surface area contributed by atoms with Gasteiger partial charge in [0.25, 0.3) is 0 Å². The van der Waals surface area contributed by atoms with Gasteiger partial charge >= 0.3 is 5.97 Å². The molecule has 2 rings (SSSR count). The Hall–Kier alpha value is -1.42. The minimum atomic E-state index is -0.837. The molecule has 4 heteroatoms. The van der Waals surface area contributed by atoms with Crippen LogP contribution in [0.2, 0.25) is 0 Å². The number of benzene rings is 1. The molecule has 2 unspecified atom stereocenters. The number of carboxylic acid groups (broad SMARTS) is 1. The van der Waals surface area contributed by atoms with Crippen molar-refractivity contribution < 1.29 is 14.3 Å². The summed E-state index contributed by atoms with van der Waals surface area (Å²) in [5, 5.41) is 9.05. The molecule has 2 atom stereocenters. The first-order valence-electron chi connectivity index (χ1n) is 5.26. The molecule has 0 amide bonds. The van der Waals surface area contributed by atoms with Crippen LogP contribution in [0.5, 0.6) is 0 Å². The van der Waals surface area contributed by atoms with E-state index in [0.717, 1.165) is 5.56 Å². The maximum Gasteiger partial charge on any atom is 0.311 e. The molecule has 86 valence electrons. The van der Waals surface area contributed by atoms with E-state index in [1.165, 1.54) is 12.1 Å². The maximum atomic E-state index is 12.9. The molecule has 0 aromatic heterocycles. The van der Waals surface area contributed by atoms with Crippen molar-refractivity contribution in [3.05, 3.63) is 35.6 Å². The van der Waals surface area contributed by atoms with E-state index in [2.05, 4.69) is 0 Å². The third-order valence-corrected chi connectivity index (χ3v) is 3.39. The second-order valence-corrected chi connectivity index (χ2v) is 4.40. The number of carbonyl (C=O) groups is 1. The first-order chi connectivity index (χ1) is 7.58. The Bertz CT molecular complexity index is 421. The fraction of sp³-hybridized carbons (Fsp3) is 0.417. The average Bonchev–Trinajstić information content (AvgIpc) is 2.93. The molecule has 1 aliphatic rings. The summed E-state index contributed by atoms with van der Waals surface area (Å²) in [5.41, 5.74) is 5.55. The van der Waals surface area contributed by atoms with Crippen molar-refractivity contribution in [2.75, 3.05) is 6.54 Å². The van der Waals surface area contributed by atoms with Gasteiger partial charge in [-0.2, -0.15) is 0 Å². The molecule has 1 aromatic carbocycles. The molecule has 1 aromatic rings. The second kappa shape index (κ2) is 3.87. The first-order valence-corrected chi connectivity index (χ1v) is 5.26. The topological polar surface area (TPSA) is 63.3 Å². The highest BCUT2D eigenvalue weighted by molar-refractivity contribution is 5.79. The highest BCUT2D eigenvalue weighted by Gasteiger charge is 2.58. The van der Waals surface area contributed by atoms with E-state index in [1.807, 2.05) is 6.07 Å². The normalized spacial score (nSPS) is 27.8. The average molecular weight is 223 g/mol. The van der Waals surface area contributed by atoms with Gasteiger partial charge in [0, 0.05) is 6.54 Å². The van der Waals surface area contributed by atoms with Gasteiger partial charge in [-0.3, -0.25) is 4.79 Å². The summed E-state index contributed by atoms with van der Waals surface area (Å²) in [7, 11) is 0. The van der Waals surface area contributed by atoms with Gasteiger partial charge in [0.2, 0.25) is 0 Å². The van der Waals surface area contributed by atoms with Crippen LogP contribution < -0.4 is 5.73 Å².